The van der Waals surface area contributed by atoms with E-state index in [1.54, 1.807) is 40.0 Å². The number of rotatable bonds is 16. The fraction of sp³-hybridized carbons (Fsp3) is 0.727. The number of likely N-dealkylation sites (N-methyl/N-ethyl adjacent to an activating group) is 1. The van der Waals surface area contributed by atoms with E-state index in [2.05, 4.69) is 19.2 Å². The molecule has 43 heavy (non-hydrogen) atoms. The van der Waals surface area contributed by atoms with Crippen LogP contribution in [-0.2, 0) is 23.9 Å². The first-order valence-corrected chi connectivity index (χ1v) is 15.7. The normalized spacial score (nSPS) is 20.9. The molecule has 2 unspecified atom stereocenters. The van der Waals surface area contributed by atoms with Crippen molar-refractivity contribution in [2.75, 3.05) is 27.8 Å². The van der Waals surface area contributed by atoms with E-state index in [-0.39, 0.29) is 48.1 Å². The molecule has 3 amide bonds. The van der Waals surface area contributed by atoms with E-state index in [0.29, 0.717) is 13.0 Å². The SMILES string of the molecule is CC[C@H](C)[C@@H]([C@@H](CC(=O)N1CCCC1[C@H](OC)[C@@H](C)C(=O)N[C@H](C)[C@@H](O)c1ccccc1)OC)N(C)C(=O)C(N)C(C)C. The van der Waals surface area contributed by atoms with Crippen LogP contribution in [0.5, 0.6) is 0 Å². The van der Waals surface area contributed by atoms with Gasteiger partial charge in [0.05, 0.1) is 54.8 Å². The topological polar surface area (TPSA) is 134 Å². The van der Waals surface area contributed by atoms with Crippen LogP contribution in [0.4, 0.5) is 0 Å². The third-order valence-corrected chi connectivity index (χ3v) is 9.25. The van der Waals surface area contributed by atoms with Gasteiger partial charge in [0.15, 0.2) is 0 Å². The Morgan fingerprint density at radius 2 is 1.72 bits per heavy atom. The first-order valence-electron chi connectivity index (χ1n) is 15.7. The van der Waals surface area contributed by atoms with Gasteiger partial charge in [-0.15, -0.1) is 0 Å². The lowest BCUT2D eigenvalue weighted by atomic mass is 9.89. The zero-order valence-electron chi connectivity index (χ0n) is 27.7. The molecule has 10 heteroatoms. The van der Waals surface area contributed by atoms with E-state index in [1.807, 2.05) is 49.1 Å². The average Bonchev–Trinajstić information content (AvgIpc) is 3.49. The van der Waals surface area contributed by atoms with Crippen molar-refractivity contribution in [1.82, 2.24) is 15.1 Å². The predicted octanol–water partition coefficient (Wildman–Crippen LogP) is 3.13. The van der Waals surface area contributed by atoms with Crippen LogP contribution >= 0.6 is 0 Å². The van der Waals surface area contributed by atoms with E-state index in [4.69, 9.17) is 15.2 Å². The Balaban J connectivity index is 2.17. The summed E-state index contributed by atoms with van der Waals surface area (Å²) in [7, 11) is 4.88. The lowest BCUT2D eigenvalue weighted by Crippen LogP contribution is -2.56. The van der Waals surface area contributed by atoms with Gasteiger partial charge in [-0.2, -0.15) is 0 Å². The molecule has 10 nitrogen and oxygen atoms in total. The maximum Gasteiger partial charge on any atom is 0.239 e. The summed E-state index contributed by atoms with van der Waals surface area (Å²) in [6, 6.07) is 7.43. The van der Waals surface area contributed by atoms with Crippen molar-refractivity contribution in [1.29, 1.82) is 0 Å². The molecule has 1 aromatic rings. The van der Waals surface area contributed by atoms with Crippen LogP contribution < -0.4 is 11.1 Å². The smallest absolute Gasteiger partial charge is 0.239 e. The minimum absolute atomic E-state index is 0.0183. The third kappa shape index (κ3) is 9.23. The van der Waals surface area contributed by atoms with Crippen molar-refractivity contribution in [2.45, 2.75) is 110 Å². The number of ether oxygens (including phenoxy) is 2. The van der Waals surface area contributed by atoms with Crippen LogP contribution in [0.3, 0.4) is 0 Å². The lowest BCUT2D eigenvalue weighted by molar-refractivity contribution is -0.146. The molecule has 244 valence electrons. The number of nitrogens with zero attached hydrogens (tertiary/aromatic N) is 2. The van der Waals surface area contributed by atoms with E-state index >= 15 is 0 Å². The summed E-state index contributed by atoms with van der Waals surface area (Å²) in [5, 5.41) is 13.7. The second-order valence-corrected chi connectivity index (χ2v) is 12.5. The van der Waals surface area contributed by atoms with Gasteiger partial charge in [-0.1, -0.05) is 71.4 Å². The average molecular weight is 605 g/mol. The summed E-state index contributed by atoms with van der Waals surface area (Å²) in [5.41, 5.74) is 6.93. The van der Waals surface area contributed by atoms with E-state index in [1.165, 1.54) is 0 Å². The molecule has 1 saturated heterocycles. The zero-order valence-corrected chi connectivity index (χ0v) is 27.7. The van der Waals surface area contributed by atoms with Gasteiger partial charge < -0.3 is 35.4 Å². The minimum atomic E-state index is -0.854. The van der Waals surface area contributed by atoms with Crippen molar-refractivity contribution < 1.29 is 29.0 Å². The first-order chi connectivity index (χ1) is 20.3. The Morgan fingerprint density at radius 1 is 1.09 bits per heavy atom. The monoisotopic (exact) mass is 604 g/mol. The number of methoxy groups -OCH3 is 2. The van der Waals surface area contributed by atoms with Gasteiger partial charge in [-0.25, -0.2) is 0 Å². The summed E-state index contributed by atoms with van der Waals surface area (Å²) in [5.74, 6) is -1.03. The molecule has 0 spiro atoms. The van der Waals surface area contributed by atoms with E-state index in [0.717, 1.165) is 18.4 Å². The Hall–Kier alpha value is -2.53. The number of aliphatic hydroxyl groups excluding tert-OH is 1. The molecule has 0 aromatic heterocycles. The molecule has 1 aromatic carbocycles. The maximum absolute atomic E-state index is 13.8. The molecule has 0 radical (unpaired) electrons. The number of nitrogens with one attached hydrogen (secondary N) is 1. The third-order valence-electron chi connectivity index (χ3n) is 9.25. The zero-order chi connectivity index (χ0) is 32.4. The number of hydrogen-bond donors (Lipinski definition) is 3. The number of likely N-dealkylation sites (tertiary alicyclic amines) is 1. The molecular weight excluding hydrogens is 548 g/mol. The molecule has 1 fully saturated rings. The fourth-order valence-corrected chi connectivity index (χ4v) is 6.20. The highest BCUT2D eigenvalue weighted by molar-refractivity contribution is 5.83. The summed E-state index contributed by atoms with van der Waals surface area (Å²) in [4.78, 5) is 43.8. The molecule has 0 saturated carbocycles. The molecule has 1 aliphatic rings. The number of aliphatic hydroxyl groups is 1. The summed E-state index contributed by atoms with van der Waals surface area (Å²) in [6.45, 7) is 12.1. The number of carbonyl (C=O) groups is 3. The Morgan fingerprint density at radius 3 is 2.26 bits per heavy atom. The standard InChI is InChI=1S/C33H56N4O6/c1-10-21(4)29(36(7)33(41)28(34)20(2)3)26(42-8)19-27(38)37-18-14-17-25(37)31(43-9)22(5)32(40)35-23(6)30(39)24-15-12-11-13-16-24/h11-13,15-16,20-23,25-26,28-31,39H,10,14,17-19,34H2,1-9H3,(H,35,40)/t21-,22+,23+,25?,26+,28?,29-,30+,31+/m0/s1. The Bertz CT molecular complexity index is 1020. The minimum Gasteiger partial charge on any atom is -0.386 e. The van der Waals surface area contributed by atoms with E-state index in [9.17, 15) is 19.5 Å². The summed E-state index contributed by atoms with van der Waals surface area (Å²) >= 11 is 0. The van der Waals surface area contributed by atoms with Gasteiger partial charge in [0, 0.05) is 27.8 Å². The van der Waals surface area contributed by atoms with Gasteiger partial charge in [-0.05, 0) is 37.2 Å². The highest BCUT2D eigenvalue weighted by atomic mass is 16.5. The van der Waals surface area contributed by atoms with Crippen LogP contribution in [0.2, 0.25) is 0 Å². The Kier molecular flexibility index (Phi) is 14.6. The van der Waals surface area contributed by atoms with Gasteiger partial charge in [0.25, 0.3) is 0 Å². The number of nitrogens with two attached hydrogens (primary N) is 1. The lowest BCUT2D eigenvalue weighted by Gasteiger charge is -2.40. The van der Waals surface area contributed by atoms with Gasteiger partial charge in [-0.3, -0.25) is 14.4 Å². The molecule has 0 aliphatic carbocycles. The fourth-order valence-electron chi connectivity index (χ4n) is 6.20. The number of carbonyl (C=O) groups excluding carboxylic acids is 3. The van der Waals surface area contributed by atoms with Crippen LogP contribution in [0, 0.1) is 17.8 Å². The predicted molar refractivity (Wildman–Crippen MR) is 168 cm³/mol. The summed E-state index contributed by atoms with van der Waals surface area (Å²) in [6.07, 6.45) is 0.474. The largest absolute Gasteiger partial charge is 0.386 e. The Labute approximate surface area is 258 Å². The molecule has 9 atom stereocenters. The van der Waals surface area contributed by atoms with Crippen LogP contribution in [0.15, 0.2) is 30.3 Å². The quantitative estimate of drug-likeness (QED) is 0.264. The molecule has 2 rings (SSSR count). The summed E-state index contributed by atoms with van der Waals surface area (Å²) < 4.78 is 11.7. The number of benzene rings is 1. The van der Waals surface area contributed by atoms with Crippen molar-refractivity contribution >= 4 is 17.7 Å². The first kappa shape index (κ1) is 36.7. The van der Waals surface area contributed by atoms with Crippen molar-refractivity contribution in [3.05, 3.63) is 35.9 Å². The molecule has 1 heterocycles. The van der Waals surface area contributed by atoms with Crippen LogP contribution in [0.1, 0.15) is 78.9 Å². The van der Waals surface area contributed by atoms with E-state index < -0.39 is 36.3 Å². The second kappa shape index (κ2) is 17.1. The van der Waals surface area contributed by atoms with Gasteiger partial charge in [0.1, 0.15) is 0 Å². The molecule has 0 bridgehead atoms. The highest BCUT2D eigenvalue weighted by Gasteiger charge is 2.42. The van der Waals surface area contributed by atoms with Crippen LogP contribution in [-0.4, -0.2) is 96.8 Å². The highest BCUT2D eigenvalue weighted by Crippen LogP contribution is 2.30. The molecule has 1 aliphatic heterocycles. The van der Waals surface area contributed by atoms with Gasteiger partial charge >= 0.3 is 0 Å². The van der Waals surface area contributed by atoms with Crippen LogP contribution in [0.25, 0.3) is 0 Å². The number of hydrogen-bond acceptors (Lipinski definition) is 7. The number of amides is 3. The maximum atomic E-state index is 13.8. The van der Waals surface area contributed by atoms with Crippen molar-refractivity contribution in [3.63, 3.8) is 0 Å². The van der Waals surface area contributed by atoms with Gasteiger partial charge in [0.2, 0.25) is 17.7 Å². The second-order valence-electron chi connectivity index (χ2n) is 12.5. The molecule has 4 N–H and O–H groups in total. The molecular formula is C33H56N4O6. The van der Waals surface area contributed by atoms with Crippen molar-refractivity contribution in [2.24, 2.45) is 23.5 Å². The van der Waals surface area contributed by atoms with Crippen molar-refractivity contribution in [3.8, 4) is 0 Å².